The molecule has 1 saturated carbocycles. The first-order valence-corrected chi connectivity index (χ1v) is 19.5. The van der Waals surface area contributed by atoms with Gasteiger partial charge in [0.2, 0.25) is 11.7 Å². The predicted octanol–water partition coefficient (Wildman–Crippen LogP) is 5.66. The zero-order chi connectivity index (χ0) is 41.6. The summed E-state index contributed by atoms with van der Waals surface area (Å²) in [6.07, 6.45) is 5.24. The Kier molecular flexibility index (Phi) is 13.1. The Morgan fingerprint density at radius 2 is 1.53 bits per heavy atom. The largest absolute Gasteiger partial charge is 0.393 e. The molecule has 0 bridgehead atoms. The summed E-state index contributed by atoms with van der Waals surface area (Å²) in [4.78, 5) is 54.8. The van der Waals surface area contributed by atoms with E-state index in [1.54, 1.807) is 5.10 Å². The minimum atomic E-state index is -5.21. The fourth-order valence-electron chi connectivity index (χ4n) is 7.64. The van der Waals surface area contributed by atoms with Crippen LogP contribution in [0.1, 0.15) is 72.3 Å². The van der Waals surface area contributed by atoms with Crippen LogP contribution in [0.4, 0.5) is 23.2 Å². The number of nitrogens with zero attached hydrogens (tertiary/aromatic N) is 2. The number of amides is 3. The Balaban J connectivity index is 1.15. The number of anilines is 1. The van der Waals surface area contributed by atoms with Gasteiger partial charge >= 0.3 is 11.8 Å². The molecule has 1 saturated heterocycles. The van der Waals surface area contributed by atoms with E-state index in [1.165, 1.54) is 24.3 Å². The molecule has 16 heteroatoms. The van der Waals surface area contributed by atoms with Crippen LogP contribution in [0.5, 0.6) is 0 Å². The second kappa shape index (κ2) is 18.0. The number of nitrogens with two attached hydrogens (primary N) is 2. The van der Waals surface area contributed by atoms with Crippen molar-refractivity contribution in [2.24, 2.45) is 29.2 Å². The molecular weight excluding hydrogens is 757 g/mol. The number of aromatic amines is 1. The number of benzene rings is 3. The molecular formula is C42H48F4N8O4. The third-order valence-electron chi connectivity index (χ3n) is 11.3. The van der Waals surface area contributed by atoms with Crippen molar-refractivity contribution in [3.63, 3.8) is 0 Å². The second-order valence-corrected chi connectivity index (χ2v) is 15.3. The Morgan fingerprint density at radius 3 is 2.16 bits per heavy atom. The predicted molar refractivity (Wildman–Crippen MR) is 210 cm³/mol. The van der Waals surface area contributed by atoms with Crippen molar-refractivity contribution < 1.29 is 36.7 Å². The highest BCUT2D eigenvalue weighted by atomic mass is 19.3. The summed E-state index contributed by atoms with van der Waals surface area (Å²) in [6.45, 7) is 4.29. The van der Waals surface area contributed by atoms with Gasteiger partial charge in [0.1, 0.15) is 5.78 Å². The summed E-state index contributed by atoms with van der Waals surface area (Å²) in [5.41, 5.74) is 15.1. The molecule has 4 aromatic rings. The Morgan fingerprint density at radius 1 is 0.879 bits per heavy atom. The van der Waals surface area contributed by atoms with Crippen molar-refractivity contribution in [1.29, 1.82) is 0 Å². The van der Waals surface area contributed by atoms with Crippen molar-refractivity contribution >= 4 is 29.2 Å². The smallest absolute Gasteiger partial charge is 0.364 e. The number of halogens is 4. The summed E-state index contributed by atoms with van der Waals surface area (Å²) in [5, 5.41) is 14.6. The maximum Gasteiger partial charge on any atom is 0.393 e. The molecule has 308 valence electrons. The normalized spacial score (nSPS) is 18.3. The number of primary amides is 1. The van der Waals surface area contributed by atoms with Crippen LogP contribution in [-0.2, 0) is 26.7 Å². The number of ketones is 1. The summed E-state index contributed by atoms with van der Waals surface area (Å²) in [6, 6.07) is 19.3. The minimum absolute atomic E-state index is 0.0154. The van der Waals surface area contributed by atoms with E-state index in [4.69, 9.17) is 5.73 Å². The number of carbonyl (C=O) groups is 4. The average Bonchev–Trinajstić information content (AvgIpc) is 3.73. The molecule has 1 aromatic heterocycles. The van der Waals surface area contributed by atoms with E-state index in [0.717, 1.165) is 73.9 Å². The van der Waals surface area contributed by atoms with E-state index < -0.39 is 35.4 Å². The van der Waals surface area contributed by atoms with Gasteiger partial charge in [0.25, 0.3) is 11.8 Å². The van der Waals surface area contributed by atoms with Gasteiger partial charge in [0.05, 0.1) is 0 Å². The van der Waals surface area contributed by atoms with Gasteiger partial charge in [-0.15, -0.1) is 0 Å². The Bertz CT molecular complexity index is 2090. The molecule has 2 aliphatic rings. The highest BCUT2D eigenvalue weighted by molar-refractivity contribution is 5.97. The summed E-state index contributed by atoms with van der Waals surface area (Å²) < 4.78 is 56.3. The van der Waals surface area contributed by atoms with Crippen LogP contribution in [0, 0.1) is 24.7 Å². The van der Waals surface area contributed by atoms with Crippen LogP contribution < -0.4 is 27.4 Å². The third-order valence-corrected chi connectivity index (χ3v) is 11.3. The van der Waals surface area contributed by atoms with E-state index in [0.29, 0.717) is 23.7 Å². The number of H-pyrrole nitrogens is 1. The van der Waals surface area contributed by atoms with E-state index in [2.05, 4.69) is 31.8 Å². The van der Waals surface area contributed by atoms with Crippen molar-refractivity contribution in [1.82, 2.24) is 25.8 Å². The zero-order valence-corrected chi connectivity index (χ0v) is 32.1. The highest BCUT2D eigenvalue weighted by Crippen LogP contribution is 2.41. The lowest BCUT2D eigenvalue weighted by Gasteiger charge is -2.27. The van der Waals surface area contributed by atoms with Gasteiger partial charge in [0.15, 0.2) is 5.82 Å². The van der Waals surface area contributed by atoms with E-state index >= 15 is 0 Å². The monoisotopic (exact) mass is 804 g/mol. The molecule has 2 heterocycles. The minimum Gasteiger partial charge on any atom is -0.364 e. The fraction of sp³-hybridized carbons (Fsp3) is 0.429. The van der Waals surface area contributed by atoms with Crippen LogP contribution in [0.3, 0.4) is 0 Å². The number of hydrogen-bond acceptors (Lipinski definition) is 8. The van der Waals surface area contributed by atoms with Crippen molar-refractivity contribution in [3.05, 3.63) is 89.2 Å². The maximum absolute atomic E-state index is 14.3. The molecule has 8 N–H and O–H groups in total. The van der Waals surface area contributed by atoms with E-state index in [9.17, 15) is 36.7 Å². The molecule has 3 aromatic carbocycles. The molecule has 3 amide bonds. The number of rotatable bonds is 15. The topological polar surface area (TPSA) is 198 Å². The van der Waals surface area contributed by atoms with Gasteiger partial charge in [-0.3, -0.25) is 24.3 Å². The molecule has 1 aliphatic carbocycles. The van der Waals surface area contributed by atoms with Crippen LogP contribution in [0.25, 0.3) is 22.5 Å². The molecule has 58 heavy (non-hydrogen) atoms. The highest BCUT2D eigenvalue weighted by Gasteiger charge is 2.64. The molecule has 12 nitrogen and oxygen atoms in total. The van der Waals surface area contributed by atoms with Gasteiger partial charge in [-0.2, -0.15) is 22.7 Å². The molecule has 6 rings (SSSR count). The SMILES string of the molecule is Cc1cc(C(=O)NC2CCNCC2)ccc1-c1ccc(C[C@H](CC(=O)C2CCC(CN)CC2)C(=O)Nc2ccc(-c3n[nH]c(C(F)(F)C(F)(F)C(N)=O)n3)cc2)cc1. The third kappa shape index (κ3) is 9.61. The first-order chi connectivity index (χ1) is 27.7. The lowest BCUT2D eigenvalue weighted by molar-refractivity contribution is -0.215. The number of hydrogen-bond donors (Lipinski definition) is 6. The van der Waals surface area contributed by atoms with E-state index in [-0.39, 0.29) is 47.9 Å². The van der Waals surface area contributed by atoms with Gasteiger partial charge in [-0.05, 0) is 136 Å². The standard InChI is InChI=1S/C42H48F4N8O4/c1-24-20-30(37(56)51-33-16-18-49-19-17-33)12-15-34(24)27-6-2-25(3-7-27)21-31(22-35(55)28-8-4-26(23-47)5-9-28)38(57)50-32-13-10-29(11-14-32)36-52-40(54-53-36)42(45,46)41(43,44)39(48)58/h2-3,6-7,10-15,20,26,28,31,33,49H,4-5,8-9,16-19,21-23,47H2,1H3,(H2,48,58)(H,50,57)(H,51,56)(H,52,53,54)/t26?,28?,31-/m1/s1. The van der Waals surface area contributed by atoms with Crippen molar-refractivity contribution in [2.75, 3.05) is 25.0 Å². The maximum atomic E-state index is 14.3. The molecule has 0 unspecified atom stereocenters. The zero-order valence-electron chi connectivity index (χ0n) is 32.1. The number of aryl methyl sites for hydroxylation is 1. The number of carbonyl (C=O) groups excluding carboxylic acids is 4. The lowest BCUT2D eigenvalue weighted by atomic mass is 9.77. The quantitative estimate of drug-likeness (QED) is 0.0828. The summed E-state index contributed by atoms with van der Waals surface area (Å²) in [7, 11) is 0. The fourth-order valence-corrected chi connectivity index (χ4v) is 7.64. The molecule has 1 atom stereocenters. The van der Waals surface area contributed by atoms with Crippen LogP contribution in [0.15, 0.2) is 66.7 Å². The second-order valence-electron chi connectivity index (χ2n) is 15.3. The number of nitrogens with one attached hydrogen (secondary N) is 4. The van der Waals surface area contributed by atoms with Crippen molar-refractivity contribution in [2.45, 2.75) is 76.2 Å². The molecule has 2 fully saturated rings. The Hall–Kier alpha value is -5.48. The van der Waals surface area contributed by atoms with Gasteiger partial charge in [-0.1, -0.05) is 30.3 Å². The van der Waals surface area contributed by atoms with Gasteiger partial charge in [-0.25, -0.2) is 4.98 Å². The Labute approximate surface area is 333 Å². The lowest BCUT2D eigenvalue weighted by Crippen LogP contribution is -2.49. The van der Waals surface area contributed by atoms with Crippen LogP contribution in [0.2, 0.25) is 0 Å². The van der Waals surface area contributed by atoms with Crippen LogP contribution >= 0.6 is 0 Å². The van der Waals surface area contributed by atoms with E-state index in [1.807, 2.05) is 49.4 Å². The van der Waals surface area contributed by atoms with Gasteiger partial charge < -0.3 is 27.4 Å². The first kappa shape index (κ1) is 42.1. The summed E-state index contributed by atoms with van der Waals surface area (Å²) >= 11 is 0. The first-order valence-electron chi connectivity index (χ1n) is 19.5. The average molecular weight is 805 g/mol. The van der Waals surface area contributed by atoms with Crippen LogP contribution in [-0.4, -0.2) is 70.3 Å². The number of aromatic nitrogens is 3. The number of Topliss-reactive ketones (excluding diaryl/α,β-unsaturated/α-hetero) is 1. The number of alkyl halides is 4. The summed E-state index contributed by atoms with van der Waals surface area (Å²) in [5.74, 6) is -15.6. The number of piperidine rings is 1. The molecule has 0 spiro atoms. The van der Waals surface area contributed by atoms with Crippen molar-refractivity contribution in [3.8, 4) is 22.5 Å². The molecule has 1 aliphatic heterocycles. The molecule has 0 radical (unpaired) electrons. The van der Waals surface area contributed by atoms with Gasteiger partial charge in [0, 0.05) is 41.1 Å².